The SMILES string of the molecule is C1CCOC1.CCc1cc(C2CCC2)c(C(=N)SC)cc1C(=O)OC.CCc1cc(C2CCC2)c(C(N)=S)cc1C(=O)OC.CI. The molecule has 254 valence electrons. The van der Waals surface area contributed by atoms with Crippen molar-refractivity contribution >= 4 is 68.5 Å². The number of ether oxygens (including phenoxy) is 3. The summed E-state index contributed by atoms with van der Waals surface area (Å²) in [5.74, 6) is 0.453. The number of nitrogens with two attached hydrogens (primary N) is 1. The number of esters is 2. The van der Waals surface area contributed by atoms with Crippen LogP contribution in [0.1, 0.15) is 131 Å². The van der Waals surface area contributed by atoms with Crippen molar-refractivity contribution in [2.24, 2.45) is 5.73 Å². The van der Waals surface area contributed by atoms with Crippen LogP contribution in [-0.4, -0.2) is 60.6 Å². The second-order valence-electron chi connectivity index (χ2n) is 11.4. The Morgan fingerprint density at radius 3 is 1.52 bits per heavy atom. The molecule has 0 unspecified atom stereocenters. The fraction of sp³-hybridized carbons (Fsp3) is 0.556. The van der Waals surface area contributed by atoms with Gasteiger partial charge in [0.15, 0.2) is 0 Å². The van der Waals surface area contributed by atoms with Gasteiger partial charge in [0.2, 0.25) is 0 Å². The standard InChI is InChI=1S/C16H21NO2S.C15H19NO2S.C4H8O.CH3I/c1-4-10-8-12(11-6-5-7-11)14(15(17)20-3)9-13(10)16(18)19-2;1-3-9-7-11(10-5-4-6-10)13(14(16)19)8-12(9)15(17)18-2;1-2-4-5-3-1;1-2/h8-9,11,17H,4-7H2,1-3H3;7-8,10H,3-6H2,1-2H3,(H2,16,19);1-4H2;1H3. The van der Waals surface area contributed by atoms with Gasteiger partial charge in [0, 0.05) is 24.3 Å². The Hall–Kier alpha value is -2.02. The van der Waals surface area contributed by atoms with Crippen LogP contribution in [0.3, 0.4) is 0 Å². The number of carbonyl (C=O) groups is 2. The fourth-order valence-corrected chi connectivity index (χ4v) is 6.23. The van der Waals surface area contributed by atoms with E-state index in [4.69, 9.17) is 37.6 Å². The summed E-state index contributed by atoms with van der Waals surface area (Å²) in [6, 6.07) is 7.87. The average Bonchev–Trinajstić information content (AvgIpc) is 3.63. The van der Waals surface area contributed by atoms with Gasteiger partial charge in [-0.15, -0.1) is 11.8 Å². The summed E-state index contributed by atoms with van der Waals surface area (Å²) in [7, 11) is 2.79. The topological polar surface area (TPSA) is 112 Å². The Morgan fingerprint density at radius 2 is 1.24 bits per heavy atom. The number of methoxy groups -OCH3 is 2. The molecule has 10 heteroatoms. The number of thiocarbonyl (C=S) groups is 1. The second-order valence-corrected chi connectivity index (χ2v) is 12.6. The second kappa shape index (κ2) is 21.1. The first-order valence-electron chi connectivity index (χ1n) is 16.1. The van der Waals surface area contributed by atoms with Crippen molar-refractivity contribution in [3.8, 4) is 0 Å². The molecule has 3 aliphatic rings. The number of alkyl halides is 1. The monoisotopic (exact) mass is 782 g/mol. The van der Waals surface area contributed by atoms with Crippen LogP contribution in [0, 0.1) is 5.41 Å². The van der Waals surface area contributed by atoms with Crippen LogP contribution in [-0.2, 0) is 27.1 Å². The molecule has 0 aromatic heterocycles. The minimum atomic E-state index is -0.325. The molecular weight excluding hydrogens is 731 g/mol. The molecule has 0 bridgehead atoms. The van der Waals surface area contributed by atoms with Crippen LogP contribution in [0.4, 0.5) is 0 Å². The van der Waals surface area contributed by atoms with Crippen LogP contribution >= 0.6 is 46.6 Å². The highest BCUT2D eigenvalue weighted by molar-refractivity contribution is 14.1. The zero-order valence-corrected chi connectivity index (χ0v) is 32.1. The lowest BCUT2D eigenvalue weighted by Crippen LogP contribution is -2.20. The smallest absolute Gasteiger partial charge is 0.338 e. The molecule has 7 nitrogen and oxygen atoms in total. The van der Waals surface area contributed by atoms with Crippen molar-refractivity contribution in [3.05, 3.63) is 68.8 Å². The highest BCUT2D eigenvalue weighted by Crippen LogP contribution is 2.40. The molecule has 1 saturated heterocycles. The molecule has 0 amide bonds. The van der Waals surface area contributed by atoms with E-state index in [0.29, 0.717) is 33.0 Å². The number of benzene rings is 2. The van der Waals surface area contributed by atoms with Crippen molar-refractivity contribution in [1.29, 1.82) is 5.41 Å². The molecule has 1 heterocycles. The molecule has 0 spiro atoms. The van der Waals surface area contributed by atoms with Crippen LogP contribution in [0.5, 0.6) is 0 Å². The number of rotatable bonds is 8. The molecule has 3 N–H and O–H groups in total. The Bertz CT molecular complexity index is 1330. The summed E-state index contributed by atoms with van der Waals surface area (Å²) in [6.45, 7) is 6.08. The van der Waals surface area contributed by atoms with Crippen LogP contribution in [0.2, 0.25) is 0 Å². The molecule has 0 atom stereocenters. The molecule has 3 fully saturated rings. The molecule has 5 rings (SSSR count). The first-order chi connectivity index (χ1) is 22.2. The van der Waals surface area contributed by atoms with E-state index < -0.39 is 0 Å². The van der Waals surface area contributed by atoms with Gasteiger partial charge in [-0.25, -0.2) is 9.59 Å². The maximum atomic E-state index is 11.9. The number of halogens is 1. The third kappa shape index (κ3) is 10.8. The first-order valence-corrected chi connectivity index (χ1v) is 19.9. The van der Waals surface area contributed by atoms with Gasteiger partial charge in [-0.05, 0) is 109 Å². The van der Waals surface area contributed by atoms with Gasteiger partial charge in [0.25, 0.3) is 0 Å². The summed E-state index contributed by atoms with van der Waals surface area (Å²) >= 11 is 8.70. The minimum absolute atomic E-state index is 0.308. The van der Waals surface area contributed by atoms with E-state index in [0.717, 1.165) is 48.3 Å². The van der Waals surface area contributed by atoms with Gasteiger partial charge < -0.3 is 19.9 Å². The Balaban J connectivity index is 0.000000265. The summed E-state index contributed by atoms with van der Waals surface area (Å²) in [5.41, 5.74) is 13.2. The molecule has 46 heavy (non-hydrogen) atoms. The normalized spacial score (nSPS) is 15.3. The van der Waals surface area contributed by atoms with E-state index in [2.05, 4.69) is 34.7 Å². The molecule has 2 saturated carbocycles. The van der Waals surface area contributed by atoms with Crippen LogP contribution < -0.4 is 5.73 Å². The van der Waals surface area contributed by atoms with E-state index in [1.165, 1.54) is 88.5 Å². The van der Waals surface area contributed by atoms with Crippen molar-refractivity contribution in [2.45, 2.75) is 89.9 Å². The van der Waals surface area contributed by atoms with Crippen LogP contribution in [0.15, 0.2) is 24.3 Å². The van der Waals surface area contributed by atoms with Gasteiger partial charge in [-0.2, -0.15) is 0 Å². The largest absolute Gasteiger partial charge is 0.465 e. The van der Waals surface area contributed by atoms with E-state index in [1.54, 1.807) is 6.07 Å². The molecular formula is C36H51IN2O5S2. The zero-order chi connectivity index (χ0) is 34.2. The summed E-state index contributed by atoms with van der Waals surface area (Å²) in [6.07, 6.45) is 13.3. The number of hydrogen-bond donors (Lipinski definition) is 2. The highest BCUT2D eigenvalue weighted by atomic mass is 127. The highest BCUT2D eigenvalue weighted by Gasteiger charge is 2.27. The maximum Gasteiger partial charge on any atom is 0.338 e. The molecule has 1 aliphatic heterocycles. The summed E-state index contributed by atoms with van der Waals surface area (Å²) < 4.78 is 14.6. The Labute approximate surface area is 299 Å². The lowest BCUT2D eigenvalue weighted by molar-refractivity contribution is 0.0590. The Morgan fingerprint density at radius 1 is 0.826 bits per heavy atom. The number of carbonyl (C=O) groups excluding carboxylic acids is 2. The number of nitrogens with one attached hydrogen (secondary N) is 1. The van der Waals surface area contributed by atoms with E-state index in [-0.39, 0.29) is 11.9 Å². The third-order valence-electron chi connectivity index (χ3n) is 8.75. The van der Waals surface area contributed by atoms with E-state index in [1.807, 2.05) is 31.1 Å². The van der Waals surface area contributed by atoms with E-state index >= 15 is 0 Å². The zero-order valence-electron chi connectivity index (χ0n) is 28.3. The molecule has 0 radical (unpaired) electrons. The van der Waals surface area contributed by atoms with Gasteiger partial charge in [-0.3, -0.25) is 5.41 Å². The number of hydrogen-bond acceptors (Lipinski definition) is 8. The summed E-state index contributed by atoms with van der Waals surface area (Å²) in [4.78, 5) is 26.1. The predicted octanol–water partition coefficient (Wildman–Crippen LogP) is 8.78. The lowest BCUT2D eigenvalue weighted by atomic mass is 9.77. The number of aryl methyl sites for hydroxylation is 2. The van der Waals surface area contributed by atoms with Crippen molar-refractivity contribution in [2.75, 3.05) is 38.6 Å². The van der Waals surface area contributed by atoms with E-state index in [9.17, 15) is 9.59 Å². The van der Waals surface area contributed by atoms with Gasteiger partial charge in [0.05, 0.1) is 30.4 Å². The molecule has 2 aromatic carbocycles. The first kappa shape index (κ1) is 40.2. The maximum absolute atomic E-state index is 11.9. The van der Waals surface area contributed by atoms with Gasteiger partial charge in [-0.1, -0.05) is 73.6 Å². The number of thioether (sulfide) groups is 1. The predicted molar refractivity (Wildman–Crippen MR) is 204 cm³/mol. The average molecular weight is 783 g/mol. The minimum Gasteiger partial charge on any atom is -0.465 e. The van der Waals surface area contributed by atoms with Gasteiger partial charge >= 0.3 is 11.9 Å². The Kier molecular flexibility index (Phi) is 18.4. The van der Waals surface area contributed by atoms with Crippen molar-refractivity contribution in [3.63, 3.8) is 0 Å². The van der Waals surface area contributed by atoms with Crippen molar-refractivity contribution < 1.29 is 23.8 Å². The van der Waals surface area contributed by atoms with Gasteiger partial charge in [0.1, 0.15) is 4.99 Å². The summed E-state index contributed by atoms with van der Waals surface area (Å²) in [5, 5.41) is 8.67. The van der Waals surface area contributed by atoms with Crippen LogP contribution in [0.25, 0.3) is 0 Å². The lowest BCUT2D eigenvalue weighted by Gasteiger charge is -2.29. The molecule has 2 aromatic rings. The van der Waals surface area contributed by atoms with Crippen molar-refractivity contribution in [1.82, 2.24) is 0 Å². The fourth-order valence-electron chi connectivity index (χ4n) is 5.66. The molecule has 2 aliphatic carbocycles. The third-order valence-corrected chi connectivity index (χ3v) is 9.60. The quantitative estimate of drug-likeness (QED) is 0.0683.